The van der Waals surface area contributed by atoms with Gasteiger partial charge in [0.1, 0.15) is 15.9 Å². The van der Waals surface area contributed by atoms with E-state index in [-0.39, 0.29) is 16.8 Å². The van der Waals surface area contributed by atoms with Crippen molar-refractivity contribution in [3.63, 3.8) is 0 Å². The van der Waals surface area contributed by atoms with Crippen LogP contribution in [0.5, 0.6) is 5.75 Å². The lowest BCUT2D eigenvalue weighted by atomic mass is 9.99. The summed E-state index contributed by atoms with van der Waals surface area (Å²) in [6, 6.07) is 2.62. The highest BCUT2D eigenvalue weighted by atomic mass is 32.1. The van der Waals surface area contributed by atoms with Gasteiger partial charge in [-0.25, -0.2) is 4.39 Å². The predicted molar refractivity (Wildman–Crippen MR) is 130 cm³/mol. The van der Waals surface area contributed by atoms with Crippen LogP contribution in [0.2, 0.25) is 0 Å². The molecule has 3 aliphatic rings. The number of anilines is 1. The zero-order chi connectivity index (χ0) is 23.0. The van der Waals surface area contributed by atoms with E-state index in [0.717, 1.165) is 32.4 Å². The van der Waals surface area contributed by atoms with Crippen LogP contribution in [0.3, 0.4) is 0 Å². The Morgan fingerprint density at radius 2 is 2.00 bits per heavy atom. The van der Waals surface area contributed by atoms with E-state index >= 15 is 4.39 Å². The molecule has 1 saturated heterocycles. The number of aromatic amines is 1. The van der Waals surface area contributed by atoms with Crippen molar-refractivity contribution in [1.82, 2.24) is 13.8 Å². The van der Waals surface area contributed by atoms with Crippen molar-refractivity contribution >= 4 is 38.3 Å². The molecule has 2 atom stereocenters. The van der Waals surface area contributed by atoms with Crippen molar-refractivity contribution in [2.45, 2.75) is 57.2 Å². The van der Waals surface area contributed by atoms with Crippen LogP contribution < -0.4 is 20.6 Å². The monoisotopic (exact) mass is 472 g/mol. The minimum Gasteiger partial charge on any atom is -0.492 e. The van der Waals surface area contributed by atoms with Crippen LogP contribution in [0.4, 0.5) is 10.1 Å². The first-order valence-corrected chi connectivity index (χ1v) is 12.6. The summed E-state index contributed by atoms with van der Waals surface area (Å²) >= 11 is 1.17. The Balaban J connectivity index is 1.50. The van der Waals surface area contributed by atoms with E-state index < -0.39 is 16.8 Å². The maximum absolute atomic E-state index is 15.6. The molecule has 176 valence electrons. The number of pyridine rings is 1. The molecule has 3 fully saturated rings. The molecular weight excluding hydrogens is 443 g/mol. The average Bonchev–Trinajstić information content (AvgIpc) is 3.73. The molecule has 9 heteroatoms. The van der Waals surface area contributed by atoms with Crippen molar-refractivity contribution in [3.8, 4) is 5.75 Å². The van der Waals surface area contributed by atoms with Gasteiger partial charge in [-0.1, -0.05) is 0 Å². The third kappa shape index (κ3) is 3.23. The molecule has 0 spiro atoms. The zero-order valence-electron chi connectivity index (χ0n) is 19.2. The number of fused-ring (bicyclic) bond motifs is 2. The number of nitrogens with zero attached hydrogens (tertiary/aromatic N) is 3. The van der Waals surface area contributed by atoms with Crippen LogP contribution >= 0.6 is 11.5 Å². The first kappa shape index (κ1) is 21.2. The highest BCUT2D eigenvalue weighted by Gasteiger charge is 2.38. The van der Waals surface area contributed by atoms with E-state index in [1.54, 1.807) is 7.11 Å². The Morgan fingerprint density at radius 3 is 2.67 bits per heavy atom. The molecule has 33 heavy (non-hydrogen) atoms. The third-order valence-corrected chi connectivity index (χ3v) is 8.78. The quantitative estimate of drug-likeness (QED) is 0.593. The number of H-pyrrole nitrogens is 1. The van der Waals surface area contributed by atoms with Gasteiger partial charge in [0.2, 0.25) is 5.43 Å². The molecule has 1 aliphatic heterocycles. The Bertz CT molecular complexity index is 1370. The molecule has 1 unspecified atom stereocenters. The lowest BCUT2D eigenvalue weighted by Crippen LogP contribution is -2.38. The minimum absolute atomic E-state index is 0.117. The molecule has 0 bridgehead atoms. The maximum Gasteiger partial charge on any atom is 0.271 e. The number of ether oxygens (including phenoxy) is 1. The van der Waals surface area contributed by atoms with Crippen molar-refractivity contribution < 1.29 is 9.13 Å². The topological polar surface area (TPSA) is 70.6 Å². The van der Waals surface area contributed by atoms with Gasteiger partial charge in [0.05, 0.1) is 18.0 Å². The van der Waals surface area contributed by atoms with E-state index in [0.29, 0.717) is 39.8 Å². The van der Waals surface area contributed by atoms with Gasteiger partial charge in [0, 0.05) is 31.2 Å². The first-order chi connectivity index (χ1) is 15.9. The summed E-state index contributed by atoms with van der Waals surface area (Å²) in [6.07, 6.45) is 5.45. The second-order valence-corrected chi connectivity index (χ2v) is 10.7. The number of hydrogen-bond acceptors (Lipinski definition) is 6. The number of rotatable bonds is 6. The SMILES string of the molecule is COc1c(N2CC[C@@H](C(C)N(C)C3CC3)C2)c(F)cc2c(=O)c3c(=O)[nH]sc3n(C3CC3)c12. The van der Waals surface area contributed by atoms with Gasteiger partial charge in [0.15, 0.2) is 11.6 Å². The predicted octanol–water partition coefficient (Wildman–Crippen LogP) is 3.70. The maximum atomic E-state index is 15.6. The summed E-state index contributed by atoms with van der Waals surface area (Å²) in [5, 5.41) is 0.334. The van der Waals surface area contributed by atoms with Crippen LogP contribution in [-0.2, 0) is 0 Å². The molecular formula is C24H29FN4O3S. The van der Waals surface area contributed by atoms with Crippen LogP contribution in [-0.4, -0.2) is 53.2 Å². The smallest absolute Gasteiger partial charge is 0.271 e. The van der Waals surface area contributed by atoms with Gasteiger partial charge in [-0.15, -0.1) is 0 Å². The van der Waals surface area contributed by atoms with E-state index in [1.165, 1.54) is 30.4 Å². The standard InChI is InChI=1S/C24H29FN4O3S/c1-12(27(2)14-4-5-14)13-8-9-28(11-13)20-17(25)10-16-19(22(20)32-3)29(15-6-7-15)24-18(21(16)30)23(31)26-33-24/h10,12-15H,4-9,11H2,1-3H3,(H,26,31)/t12?,13-/m1/s1. The van der Waals surface area contributed by atoms with Crippen LogP contribution in [0.25, 0.3) is 21.1 Å². The largest absolute Gasteiger partial charge is 0.492 e. The molecule has 2 aliphatic carbocycles. The fraction of sp³-hybridized carbons (Fsp3) is 0.583. The number of nitrogens with one attached hydrogen (secondary N) is 1. The molecule has 3 heterocycles. The van der Waals surface area contributed by atoms with Crippen LogP contribution in [0.1, 0.15) is 45.1 Å². The molecule has 1 N–H and O–H groups in total. The van der Waals surface area contributed by atoms with Crippen LogP contribution in [0.15, 0.2) is 15.7 Å². The highest BCUT2D eigenvalue weighted by molar-refractivity contribution is 7.12. The summed E-state index contributed by atoms with van der Waals surface area (Å²) < 4.78 is 26.2. The Morgan fingerprint density at radius 1 is 1.24 bits per heavy atom. The molecule has 7 nitrogen and oxygen atoms in total. The second kappa shape index (κ2) is 7.56. The van der Waals surface area contributed by atoms with Gasteiger partial charge in [-0.3, -0.25) is 14.0 Å². The molecule has 0 radical (unpaired) electrons. The molecule has 2 saturated carbocycles. The Kier molecular flexibility index (Phi) is 4.85. The van der Waals surface area contributed by atoms with Crippen molar-refractivity contribution in [2.75, 3.05) is 32.1 Å². The van der Waals surface area contributed by atoms with Gasteiger partial charge in [-0.2, -0.15) is 0 Å². The number of methoxy groups -OCH3 is 1. The first-order valence-electron chi connectivity index (χ1n) is 11.8. The van der Waals surface area contributed by atoms with Gasteiger partial charge in [0.25, 0.3) is 5.56 Å². The highest BCUT2D eigenvalue weighted by Crippen LogP contribution is 2.46. The Labute approximate surface area is 194 Å². The summed E-state index contributed by atoms with van der Waals surface area (Å²) in [7, 11) is 3.74. The minimum atomic E-state index is -0.464. The molecule has 6 rings (SSSR count). The molecule has 1 aromatic carbocycles. The third-order valence-electron chi connectivity index (χ3n) is 7.90. The number of benzene rings is 1. The van der Waals surface area contributed by atoms with Crippen molar-refractivity contribution in [1.29, 1.82) is 0 Å². The van der Waals surface area contributed by atoms with Gasteiger partial charge >= 0.3 is 0 Å². The number of halogens is 1. The van der Waals surface area contributed by atoms with Gasteiger partial charge in [-0.05, 0) is 69.6 Å². The van der Waals surface area contributed by atoms with Crippen LogP contribution in [0, 0.1) is 11.7 Å². The molecule has 0 amide bonds. The molecule has 3 aromatic rings. The number of aromatic nitrogens is 2. The number of hydrogen-bond donors (Lipinski definition) is 1. The summed E-state index contributed by atoms with van der Waals surface area (Å²) in [4.78, 5) is 30.8. The van der Waals surface area contributed by atoms with E-state index in [4.69, 9.17) is 4.74 Å². The Hall–Kier alpha value is -2.39. The fourth-order valence-electron chi connectivity index (χ4n) is 5.62. The normalized spacial score (nSPS) is 22.1. The lowest BCUT2D eigenvalue weighted by Gasteiger charge is -2.30. The van der Waals surface area contributed by atoms with E-state index in [1.807, 2.05) is 4.57 Å². The zero-order valence-corrected chi connectivity index (χ0v) is 20.0. The van der Waals surface area contributed by atoms with Crippen molar-refractivity contribution in [3.05, 3.63) is 32.5 Å². The fourth-order valence-corrected chi connectivity index (χ4v) is 6.54. The summed E-state index contributed by atoms with van der Waals surface area (Å²) in [6.45, 7) is 3.78. The summed E-state index contributed by atoms with van der Waals surface area (Å²) in [5.41, 5.74) is 0.207. The molecule has 2 aromatic heterocycles. The second-order valence-electron chi connectivity index (χ2n) is 9.91. The lowest BCUT2D eigenvalue weighted by molar-refractivity contribution is 0.191. The van der Waals surface area contributed by atoms with E-state index in [2.05, 4.69) is 28.1 Å². The summed E-state index contributed by atoms with van der Waals surface area (Å²) in [5.74, 6) is 0.382. The average molecular weight is 473 g/mol. The van der Waals surface area contributed by atoms with Gasteiger partial charge < -0.3 is 19.1 Å². The van der Waals surface area contributed by atoms with E-state index in [9.17, 15) is 9.59 Å². The van der Waals surface area contributed by atoms with Crippen molar-refractivity contribution in [2.24, 2.45) is 5.92 Å².